The van der Waals surface area contributed by atoms with Gasteiger partial charge in [0, 0.05) is 18.7 Å². The minimum atomic E-state index is 0.602. The zero-order valence-electron chi connectivity index (χ0n) is 8.28. The predicted molar refractivity (Wildman–Crippen MR) is 60.4 cm³/mol. The van der Waals surface area contributed by atoms with Gasteiger partial charge in [0.2, 0.25) is 0 Å². The molecule has 1 unspecified atom stereocenters. The van der Waals surface area contributed by atoms with Crippen LogP contribution >= 0.6 is 15.9 Å². The van der Waals surface area contributed by atoms with E-state index in [1.54, 1.807) is 6.33 Å². The Morgan fingerprint density at radius 2 is 2.29 bits per heavy atom. The van der Waals surface area contributed by atoms with Crippen LogP contribution in [0.4, 0.5) is 5.82 Å². The van der Waals surface area contributed by atoms with E-state index >= 15 is 0 Å². The van der Waals surface area contributed by atoms with Crippen molar-refractivity contribution in [3.63, 3.8) is 0 Å². The van der Waals surface area contributed by atoms with E-state index in [2.05, 4.69) is 37.7 Å². The molecule has 1 aromatic rings. The van der Waals surface area contributed by atoms with E-state index in [1.165, 1.54) is 19.3 Å². The number of nitrogens with zero attached hydrogens (tertiary/aromatic N) is 3. The van der Waals surface area contributed by atoms with Gasteiger partial charge in [-0.2, -0.15) is 0 Å². The maximum Gasteiger partial charge on any atom is 0.133 e. The van der Waals surface area contributed by atoms with Gasteiger partial charge in [-0.15, -0.1) is 0 Å². The first-order valence-electron chi connectivity index (χ1n) is 5.01. The van der Waals surface area contributed by atoms with Crippen molar-refractivity contribution in [1.82, 2.24) is 9.97 Å². The summed E-state index contributed by atoms with van der Waals surface area (Å²) < 4.78 is 0.861. The summed E-state index contributed by atoms with van der Waals surface area (Å²) in [7, 11) is 0. The molecule has 1 fully saturated rings. The molecule has 0 saturated carbocycles. The average molecular weight is 256 g/mol. The van der Waals surface area contributed by atoms with Crippen LogP contribution in [0.5, 0.6) is 0 Å². The number of piperidine rings is 1. The van der Waals surface area contributed by atoms with Gasteiger partial charge in [0.1, 0.15) is 16.7 Å². The molecular formula is C10H14BrN3. The highest BCUT2D eigenvalue weighted by Gasteiger charge is 2.19. The van der Waals surface area contributed by atoms with Crippen LogP contribution in [-0.2, 0) is 0 Å². The fraction of sp³-hybridized carbons (Fsp3) is 0.600. The van der Waals surface area contributed by atoms with Crippen molar-refractivity contribution in [1.29, 1.82) is 0 Å². The second-order valence-corrected chi connectivity index (χ2v) is 4.55. The molecule has 0 aromatic carbocycles. The summed E-state index contributed by atoms with van der Waals surface area (Å²) in [6.45, 7) is 3.37. The van der Waals surface area contributed by atoms with Gasteiger partial charge in [-0.1, -0.05) is 0 Å². The average Bonchev–Trinajstić information content (AvgIpc) is 2.18. The van der Waals surface area contributed by atoms with E-state index in [0.29, 0.717) is 6.04 Å². The Morgan fingerprint density at radius 3 is 3.00 bits per heavy atom. The number of hydrogen-bond acceptors (Lipinski definition) is 3. The molecule has 0 bridgehead atoms. The second-order valence-electron chi connectivity index (χ2n) is 3.74. The van der Waals surface area contributed by atoms with Crippen LogP contribution in [-0.4, -0.2) is 22.6 Å². The van der Waals surface area contributed by atoms with Crippen molar-refractivity contribution in [2.45, 2.75) is 32.2 Å². The number of rotatable bonds is 1. The Kier molecular flexibility index (Phi) is 3.01. The minimum absolute atomic E-state index is 0.602. The molecule has 2 rings (SSSR count). The highest BCUT2D eigenvalue weighted by Crippen LogP contribution is 2.23. The molecule has 76 valence electrons. The third-order valence-electron chi connectivity index (χ3n) is 2.72. The molecule has 0 spiro atoms. The molecular weight excluding hydrogens is 242 g/mol. The third-order valence-corrected chi connectivity index (χ3v) is 3.15. The van der Waals surface area contributed by atoms with Crippen molar-refractivity contribution >= 4 is 21.7 Å². The van der Waals surface area contributed by atoms with Crippen LogP contribution in [0.15, 0.2) is 17.0 Å². The maximum atomic E-state index is 4.30. The number of halogens is 1. The van der Waals surface area contributed by atoms with E-state index in [4.69, 9.17) is 0 Å². The van der Waals surface area contributed by atoms with Crippen LogP contribution in [0.1, 0.15) is 26.2 Å². The molecule has 3 nitrogen and oxygen atoms in total. The van der Waals surface area contributed by atoms with Gasteiger partial charge < -0.3 is 4.90 Å². The summed E-state index contributed by atoms with van der Waals surface area (Å²) in [6.07, 6.45) is 5.48. The largest absolute Gasteiger partial charge is 0.354 e. The topological polar surface area (TPSA) is 29.0 Å². The van der Waals surface area contributed by atoms with E-state index < -0.39 is 0 Å². The first kappa shape index (κ1) is 9.90. The van der Waals surface area contributed by atoms with Gasteiger partial charge in [-0.25, -0.2) is 9.97 Å². The van der Waals surface area contributed by atoms with Crippen LogP contribution in [0.25, 0.3) is 0 Å². The van der Waals surface area contributed by atoms with E-state index in [-0.39, 0.29) is 0 Å². The lowest BCUT2D eigenvalue weighted by molar-refractivity contribution is 0.481. The second kappa shape index (κ2) is 4.26. The van der Waals surface area contributed by atoms with E-state index in [9.17, 15) is 0 Å². The van der Waals surface area contributed by atoms with Crippen molar-refractivity contribution in [3.05, 3.63) is 17.0 Å². The summed E-state index contributed by atoms with van der Waals surface area (Å²) in [6, 6.07) is 2.59. The molecule has 1 atom stereocenters. The summed E-state index contributed by atoms with van der Waals surface area (Å²) in [4.78, 5) is 10.7. The monoisotopic (exact) mass is 255 g/mol. The normalized spacial score (nSPS) is 22.4. The standard InChI is InChI=1S/C10H14BrN3/c1-8-4-2-3-5-14(8)10-6-9(11)12-7-13-10/h6-8H,2-5H2,1H3. The summed E-state index contributed by atoms with van der Waals surface area (Å²) in [5.74, 6) is 1.04. The summed E-state index contributed by atoms with van der Waals surface area (Å²) >= 11 is 3.37. The van der Waals surface area contributed by atoms with E-state index in [1.807, 2.05) is 6.07 Å². The molecule has 0 N–H and O–H groups in total. The number of aromatic nitrogens is 2. The van der Waals surface area contributed by atoms with Gasteiger partial charge in [-0.3, -0.25) is 0 Å². The van der Waals surface area contributed by atoms with E-state index in [0.717, 1.165) is 17.0 Å². The minimum Gasteiger partial charge on any atom is -0.354 e. The first-order chi connectivity index (χ1) is 6.77. The van der Waals surface area contributed by atoms with Gasteiger partial charge in [0.15, 0.2) is 0 Å². The lowest BCUT2D eigenvalue weighted by atomic mass is 10.0. The summed E-state index contributed by atoms with van der Waals surface area (Å²) in [5, 5.41) is 0. The molecule has 4 heteroatoms. The van der Waals surface area contributed by atoms with Crippen molar-refractivity contribution in [3.8, 4) is 0 Å². The van der Waals surface area contributed by atoms with Gasteiger partial charge in [0.25, 0.3) is 0 Å². The molecule has 1 aromatic heterocycles. The highest BCUT2D eigenvalue weighted by atomic mass is 79.9. The lowest BCUT2D eigenvalue weighted by Crippen LogP contribution is -2.37. The predicted octanol–water partition coefficient (Wildman–Crippen LogP) is 2.62. The Bertz CT molecular complexity index is 316. The molecule has 0 radical (unpaired) electrons. The molecule has 2 heterocycles. The molecule has 0 amide bonds. The van der Waals surface area contributed by atoms with Crippen LogP contribution in [0, 0.1) is 0 Å². The summed E-state index contributed by atoms with van der Waals surface area (Å²) in [5.41, 5.74) is 0. The quantitative estimate of drug-likeness (QED) is 0.723. The lowest BCUT2D eigenvalue weighted by Gasteiger charge is -2.34. The fourth-order valence-electron chi connectivity index (χ4n) is 1.92. The number of anilines is 1. The SMILES string of the molecule is CC1CCCCN1c1cc(Br)ncn1. The maximum absolute atomic E-state index is 4.30. The highest BCUT2D eigenvalue weighted by molar-refractivity contribution is 9.10. The molecule has 1 saturated heterocycles. The number of hydrogen-bond donors (Lipinski definition) is 0. The van der Waals surface area contributed by atoms with Crippen LogP contribution < -0.4 is 4.90 Å². The molecule has 0 aliphatic carbocycles. The zero-order chi connectivity index (χ0) is 9.97. The smallest absolute Gasteiger partial charge is 0.133 e. The Hall–Kier alpha value is -0.640. The molecule has 1 aliphatic heterocycles. The van der Waals surface area contributed by atoms with Crippen molar-refractivity contribution < 1.29 is 0 Å². The Balaban J connectivity index is 2.20. The molecule has 14 heavy (non-hydrogen) atoms. The third kappa shape index (κ3) is 2.05. The first-order valence-corrected chi connectivity index (χ1v) is 5.81. The van der Waals surface area contributed by atoms with Gasteiger partial charge in [-0.05, 0) is 42.1 Å². The van der Waals surface area contributed by atoms with Gasteiger partial charge in [0.05, 0.1) is 0 Å². The molecule has 1 aliphatic rings. The zero-order valence-corrected chi connectivity index (χ0v) is 9.87. The Morgan fingerprint density at radius 1 is 1.43 bits per heavy atom. The van der Waals surface area contributed by atoms with Gasteiger partial charge >= 0.3 is 0 Å². The van der Waals surface area contributed by atoms with Crippen LogP contribution in [0.3, 0.4) is 0 Å². The fourth-order valence-corrected chi connectivity index (χ4v) is 2.22. The van der Waals surface area contributed by atoms with Crippen molar-refractivity contribution in [2.75, 3.05) is 11.4 Å². The van der Waals surface area contributed by atoms with Crippen molar-refractivity contribution in [2.24, 2.45) is 0 Å². The Labute approximate surface area is 92.7 Å². The van der Waals surface area contributed by atoms with Crippen LogP contribution in [0.2, 0.25) is 0 Å².